The van der Waals surface area contributed by atoms with Crippen molar-refractivity contribution in [1.29, 1.82) is 0 Å². The van der Waals surface area contributed by atoms with Gasteiger partial charge in [-0.3, -0.25) is 10.1 Å². The van der Waals surface area contributed by atoms with Crippen LogP contribution < -0.4 is 4.90 Å². The molecule has 0 unspecified atom stereocenters. The van der Waals surface area contributed by atoms with Crippen molar-refractivity contribution < 1.29 is 9.66 Å². The van der Waals surface area contributed by atoms with Crippen LogP contribution in [0.25, 0.3) is 0 Å². The molecule has 5 nitrogen and oxygen atoms in total. The van der Waals surface area contributed by atoms with Crippen molar-refractivity contribution in [3.8, 4) is 0 Å². The van der Waals surface area contributed by atoms with Crippen molar-refractivity contribution in [2.75, 3.05) is 24.7 Å². The van der Waals surface area contributed by atoms with Gasteiger partial charge in [0.05, 0.1) is 24.2 Å². The zero-order valence-corrected chi connectivity index (χ0v) is 12.6. The van der Waals surface area contributed by atoms with Gasteiger partial charge in [-0.2, -0.15) is 0 Å². The van der Waals surface area contributed by atoms with E-state index in [0.29, 0.717) is 31.4 Å². The van der Waals surface area contributed by atoms with Crippen LogP contribution >= 0.6 is 15.9 Å². The molecule has 19 heavy (non-hydrogen) atoms. The Labute approximate surface area is 120 Å². The lowest BCUT2D eigenvalue weighted by Crippen LogP contribution is -2.48. The third-order valence-electron chi connectivity index (χ3n) is 3.38. The molecule has 0 aliphatic carbocycles. The minimum Gasteiger partial charge on any atom is -0.377 e. The molecular weight excluding hydrogens is 312 g/mol. The molecule has 1 fully saturated rings. The van der Waals surface area contributed by atoms with Gasteiger partial charge < -0.3 is 9.64 Å². The predicted octanol–water partition coefficient (Wildman–Crippen LogP) is 3.22. The first-order chi connectivity index (χ1) is 9.00. The molecule has 1 heterocycles. The van der Waals surface area contributed by atoms with Crippen molar-refractivity contribution in [3.05, 3.63) is 32.8 Å². The minimum atomic E-state index is -0.326. The number of halogens is 1. The zero-order chi connectivity index (χ0) is 14.0. The molecule has 1 atom stereocenters. The lowest BCUT2D eigenvalue weighted by molar-refractivity contribution is -0.384. The summed E-state index contributed by atoms with van der Waals surface area (Å²) >= 11 is 3.29. The molecule has 104 valence electrons. The predicted molar refractivity (Wildman–Crippen MR) is 77.6 cm³/mol. The summed E-state index contributed by atoms with van der Waals surface area (Å²) in [6, 6.07) is 5.38. The van der Waals surface area contributed by atoms with E-state index in [4.69, 9.17) is 4.74 Å². The van der Waals surface area contributed by atoms with Crippen LogP contribution in [-0.2, 0) is 4.74 Å². The van der Waals surface area contributed by atoms with Crippen LogP contribution in [-0.4, -0.2) is 30.7 Å². The van der Waals surface area contributed by atoms with Gasteiger partial charge in [-0.1, -0.05) is 29.8 Å². The maximum Gasteiger partial charge on any atom is 0.293 e. The summed E-state index contributed by atoms with van der Waals surface area (Å²) in [5, 5.41) is 11.2. The van der Waals surface area contributed by atoms with Gasteiger partial charge in [0.2, 0.25) is 0 Å². The molecule has 1 aromatic carbocycles. The molecular formula is C13H17BrN2O3. The van der Waals surface area contributed by atoms with Crippen molar-refractivity contribution in [2.24, 2.45) is 5.92 Å². The number of morpholine rings is 1. The van der Waals surface area contributed by atoms with E-state index in [2.05, 4.69) is 34.7 Å². The number of rotatable bonds is 3. The van der Waals surface area contributed by atoms with Gasteiger partial charge in [0.15, 0.2) is 0 Å². The van der Waals surface area contributed by atoms with E-state index in [-0.39, 0.29) is 16.7 Å². The Hall–Kier alpha value is -1.14. The summed E-state index contributed by atoms with van der Waals surface area (Å²) < 4.78 is 6.22. The Morgan fingerprint density at radius 1 is 1.53 bits per heavy atom. The summed E-state index contributed by atoms with van der Waals surface area (Å²) in [6.07, 6.45) is 0. The standard InChI is InChI=1S/C13H17BrN2O3/c1-9(2)13-8-19-6-5-15(13)11-4-3-10(14)7-12(11)16(17)18/h3-4,7,9,13H,5-6,8H2,1-2H3/t13-/m1/s1. The van der Waals surface area contributed by atoms with Crippen LogP contribution in [0, 0.1) is 16.0 Å². The number of benzene rings is 1. The molecule has 1 aromatic rings. The highest BCUT2D eigenvalue weighted by Crippen LogP contribution is 2.34. The second-order valence-corrected chi connectivity index (χ2v) is 5.89. The molecule has 0 saturated carbocycles. The van der Waals surface area contributed by atoms with Crippen molar-refractivity contribution >= 4 is 27.3 Å². The Morgan fingerprint density at radius 2 is 2.26 bits per heavy atom. The van der Waals surface area contributed by atoms with Gasteiger partial charge in [0, 0.05) is 17.1 Å². The Kier molecular flexibility index (Phi) is 4.42. The van der Waals surface area contributed by atoms with E-state index in [1.807, 2.05) is 12.1 Å². The van der Waals surface area contributed by atoms with Crippen molar-refractivity contribution in [3.63, 3.8) is 0 Å². The van der Waals surface area contributed by atoms with Gasteiger partial charge in [0.25, 0.3) is 5.69 Å². The third kappa shape index (κ3) is 3.06. The largest absolute Gasteiger partial charge is 0.377 e. The van der Waals surface area contributed by atoms with Gasteiger partial charge in [-0.15, -0.1) is 0 Å². The van der Waals surface area contributed by atoms with Crippen LogP contribution in [0.3, 0.4) is 0 Å². The SMILES string of the molecule is CC(C)[C@H]1COCCN1c1ccc(Br)cc1[N+](=O)[O-]. The van der Waals surface area contributed by atoms with Crippen molar-refractivity contribution in [1.82, 2.24) is 0 Å². The van der Waals surface area contributed by atoms with Gasteiger partial charge in [0.1, 0.15) is 5.69 Å². The average molecular weight is 329 g/mol. The lowest BCUT2D eigenvalue weighted by atomic mass is 10.0. The van der Waals surface area contributed by atoms with E-state index in [1.54, 1.807) is 6.07 Å². The summed E-state index contributed by atoms with van der Waals surface area (Å²) in [5.74, 6) is 0.378. The van der Waals surface area contributed by atoms with E-state index in [0.717, 1.165) is 4.47 Å². The first-order valence-corrected chi connectivity index (χ1v) is 7.08. The molecule has 1 aliphatic rings. The van der Waals surface area contributed by atoms with Crippen LogP contribution in [0.15, 0.2) is 22.7 Å². The molecule has 0 amide bonds. The van der Waals surface area contributed by atoms with Gasteiger partial charge in [-0.25, -0.2) is 0 Å². The average Bonchev–Trinajstić information content (AvgIpc) is 2.38. The van der Waals surface area contributed by atoms with Crippen LogP contribution in [0.4, 0.5) is 11.4 Å². The molecule has 6 heteroatoms. The van der Waals surface area contributed by atoms with E-state index in [1.165, 1.54) is 0 Å². The molecule has 1 aliphatic heterocycles. The smallest absolute Gasteiger partial charge is 0.293 e. The minimum absolute atomic E-state index is 0.141. The summed E-state index contributed by atoms with van der Waals surface area (Å²) in [5.41, 5.74) is 0.817. The number of anilines is 1. The molecule has 0 spiro atoms. The zero-order valence-electron chi connectivity index (χ0n) is 11.0. The first kappa shape index (κ1) is 14.3. The van der Waals surface area contributed by atoms with E-state index in [9.17, 15) is 10.1 Å². The number of ether oxygens (including phenoxy) is 1. The molecule has 0 aromatic heterocycles. The van der Waals surface area contributed by atoms with Crippen LogP contribution in [0.5, 0.6) is 0 Å². The normalized spacial score (nSPS) is 19.8. The van der Waals surface area contributed by atoms with E-state index >= 15 is 0 Å². The molecule has 1 saturated heterocycles. The van der Waals surface area contributed by atoms with Crippen LogP contribution in [0.1, 0.15) is 13.8 Å². The first-order valence-electron chi connectivity index (χ1n) is 6.29. The van der Waals surface area contributed by atoms with Crippen molar-refractivity contribution in [2.45, 2.75) is 19.9 Å². The fraction of sp³-hybridized carbons (Fsp3) is 0.538. The highest BCUT2D eigenvalue weighted by Gasteiger charge is 2.30. The lowest BCUT2D eigenvalue weighted by Gasteiger charge is -2.39. The number of nitro benzene ring substituents is 1. The van der Waals surface area contributed by atoms with E-state index < -0.39 is 0 Å². The fourth-order valence-corrected chi connectivity index (χ4v) is 2.71. The summed E-state index contributed by atoms with van der Waals surface area (Å²) in [6.45, 7) is 6.13. The number of hydrogen-bond donors (Lipinski definition) is 0. The Morgan fingerprint density at radius 3 is 2.89 bits per heavy atom. The third-order valence-corrected chi connectivity index (χ3v) is 3.87. The number of hydrogen-bond acceptors (Lipinski definition) is 4. The number of nitro groups is 1. The monoisotopic (exact) mass is 328 g/mol. The summed E-state index contributed by atoms with van der Waals surface area (Å²) in [7, 11) is 0. The topological polar surface area (TPSA) is 55.6 Å². The second kappa shape index (κ2) is 5.88. The maximum absolute atomic E-state index is 11.2. The highest BCUT2D eigenvalue weighted by molar-refractivity contribution is 9.10. The maximum atomic E-state index is 11.2. The number of nitrogens with zero attached hydrogens (tertiary/aromatic N) is 2. The molecule has 0 N–H and O–H groups in total. The molecule has 2 rings (SSSR count). The van der Waals surface area contributed by atoms with Crippen LogP contribution in [0.2, 0.25) is 0 Å². The Bertz CT molecular complexity index is 479. The molecule has 0 radical (unpaired) electrons. The second-order valence-electron chi connectivity index (χ2n) is 4.97. The summed E-state index contributed by atoms with van der Waals surface area (Å²) in [4.78, 5) is 13.0. The fourth-order valence-electron chi connectivity index (χ4n) is 2.36. The van der Waals surface area contributed by atoms with Gasteiger partial charge in [-0.05, 0) is 18.1 Å². The highest BCUT2D eigenvalue weighted by atomic mass is 79.9. The quantitative estimate of drug-likeness (QED) is 0.631. The Balaban J connectivity index is 2.41. The molecule has 0 bridgehead atoms. The van der Waals surface area contributed by atoms with Gasteiger partial charge >= 0.3 is 0 Å².